The Morgan fingerprint density at radius 1 is 1.04 bits per heavy atom. The van der Waals surface area contributed by atoms with Gasteiger partial charge in [0.25, 0.3) is 0 Å². The zero-order valence-corrected chi connectivity index (χ0v) is 17.2. The Morgan fingerprint density at radius 2 is 1.82 bits per heavy atom. The van der Waals surface area contributed by atoms with Gasteiger partial charge in [0.15, 0.2) is 10.1 Å². The molecule has 1 heterocycles. The second-order valence-electron chi connectivity index (χ2n) is 5.51. The van der Waals surface area contributed by atoms with Crippen molar-refractivity contribution in [3.63, 3.8) is 0 Å². The molecule has 0 atom stereocenters. The molecule has 0 saturated carbocycles. The summed E-state index contributed by atoms with van der Waals surface area (Å²) in [5.41, 5.74) is 1.36. The van der Waals surface area contributed by atoms with Gasteiger partial charge in [-0.25, -0.2) is 0 Å². The van der Waals surface area contributed by atoms with Gasteiger partial charge in [0.2, 0.25) is 5.13 Å². The zero-order valence-electron chi connectivity index (χ0n) is 15.6. The molecule has 146 valence electrons. The molecule has 1 aromatic heterocycles. The number of thioether (sulfide) groups is 1. The lowest BCUT2D eigenvalue weighted by molar-refractivity contribution is 0.101. The van der Waals surface area contributed by atoms with Crippen molar-refractivity contribution in [1.29, 1.82) is 0 Å². The molecule has 3 aromatic rings. The molecule has 0 bridgehead atoms. The fraction of sp³-hybridized carbons (Fsp3) is 0.211. The minimum Gasteiger partial charge on any atom is -0.497 e. The molecule has 0 amide bonds. The third-order valence-electron chi connectivity index (χ3n) is 3.76. The molecule has 0 aliphatic rings. The van der Waals surface area contributed by atoms with Gasteiger partial charge >= 0.3 is 0 Å². The molecule has 1 N–H and O–H groups in total. The third kappa shape index (κ3) is 4.93. The van der Waals surface area contributed by atoms with E-state index in [9.17, 15) is 4.79 Å². The highest BCUT2D eigenvalue weighted by molar-refractivity contribution is 8.01. The van der Waals surface area contributed by atoms with Crippen LogP contribution >= 0.6 is 23.1 Å². The van der Waals surface area contributed by atoms with E-state index in [4.69, 9.17) is 14.2 Å². The number of ketones is 1. The van der Waals surface area contributed by atoms with Crippen LogP contribution in [-0.2, 0) is 0 Å². The maximum Gasteiger partial charge on any atom is 0.210 e. The number of nitrogens with one attached hydrogen (secondary N) is 1. The van der Waals surface area contributed by atoms with Crippen LogP contribution in [-0.4, -0.2) is 43.1 Å². The van der Waals surface area contributed by atoms with E-state index in [1.165, 1.54) is 30.2 Å². The lowest BCUT2D eigenvalue weighted by atomic mass is 10.1. The largest absolute Gasteiger partial charge is 0.497 e. The molecular formula is C19H19N3O4S2. The van der Waals surface area contributed by atoms with Crippen molar-refractivity contribution in [2.75, 3.05) is 32.4 Å². The summed E-state index contributed by atoms with van der Waals surface area (Å²) in [5, 5.41) is 12.1. The van der Waals surface area contributed by atoms with Crippen LogP contribution < -0.4 is 19.5 Å². The number of carbonyl (C=O) groups is 1. The molecule has 28 heavy (non-hydrogen) atoms. The van der Waals surface area contributed by atoms with Crippen LogP contribution in [0.5, 0.6) is 17.2 Å². The number of hydrogen-bond donors (Lipinski definition) is 1. The fourth-order valence-electron chi connectivity index (χ4n) is 2.38. The zero-order chi connectivity index (χ0) is 19.9. The van der Waals surface area contributed by atoms with Crippen LogP contribution in [0, 0.1) is 0 Å². The molecule has 0 fully saturated rings. The van der Waals surface area contributed by atoms with Crippen molar-refractivity contribution in [1.82, 2.24) is 10.2 Å². The first-order chi connectivity index (χ1) is 13.6. The molecule has 0 radical (unpaired) electrons. The molecule has 0 unspecified atom stereocenters. The number of carbonyl (C=O) groups excluding carboxylic acids is 1. The standard InChI is InChI=1S/C19H19N3O4S2/c1-24-13-6-4-5-12(9-13)20-18-21-22-19(28-18)27-11-16(23)15-8-7-14(25-2)10-17(15)26-3/h4-10H,11H2,1-3H3,(H,20,21). The first-order valence-electron chi connectivity index (χ1n) is 8.25. The van der Waals surface area contributed by atoms with E-state index in [0.29, 0.717) is 26.5 Å². The maximum absolute atomic E-state index is 12.6. The Morgan fingerprint density at radius 3 is 2.57 bits per heavy atom. The minimum absolute atomic E-state index is 0.0537. The lowest BCUT2D eigenvalue weighted by Crippen LogP contribution is -2.05. The summed E-state index contributed by atoms with van der Waals surface area (Å²) < 4.78 is 16.4. The number of aromatic nitrogens is 2. The monoisotopic (exact) mass is 417 g/mol. The van der Waals surface area contributed by atoms with Crippen molar-refractivity contribution in [3.8, 4) is 17.2 Å². The molecule has 0 spiro atoms. The summed E-state index contributed by atoms with van der Waals surface area (Å²) in [7, 11) is 4.71. The van der Waals surface area contributed by atoms with Crippen LogP contribution in [0.3, 0.4) is 0 Å². The molecule has 0 aliphatic carbocycles. The molecular weight excluding hydrogens is 398 g/mol. The van der Waals surface area contributed by atoms with Gasteiger partial charge in [-0.3, -0.25) is 4.79 Å². The molecule has 0 aliphatic heterocycles. The quantitative estimate of drug-likeness (QED) is 0.408. The van der Waals surface area contributed by atoms with Crippen molar-refractivity contribution in [2.45, 2.75) is 4.34 Å². The molecule has 3 rings (SSSR count). The van der Waals surface area contributed by atoms with Gasteiger partial charge in [-0.15, -0.1) is 10.2 Å². The van der Waals surface area contributed by atoms with E-state index < -0.39 is 0 Å². The Balaban J connectivity index is 1.62. The SMILES string of the molecule is COc1cccc(Nc2nnc(SCC(=O)c3ccc(OC)cc3OC)s2)c1. The predicted molar refractivity (Wildman–Crippen MR) is 111 cm³/mol. The summed E-state index contributed by atoms with van der Waals surface area (Å²) in [6, 6.07) is 12.7. The molecule has 2 aromatic carbocycles. The average molecular weight is 418 g/mol. The second kappa shape index (κ2) is 9.43. The molecule has 0 saturated heterocycles. The van der Waals surface area contributed by atoms with E-state index in [-0.39, 0.29) is 11.5 Å². The van der Waals surface area contributed by atoms with Gasteiger partial charge < -0.3 is 19.5 Å². The lowest BCUT2D eigenvalue weighted by Gasteiger charge is -2.09. The number of nitrogens with zero attached hydrogens (tertiary/aromatic N) is 2. The summed E-state index contributed by atoms with van der Waals surface area (Å²) in [6.07, 6.45) is 0. The first-order valence-corrected chi connectivity index (χ1v) is 10.1. The number of Topliss-reactive ketones (excluding diaryl/α,β-unsaturated/α-hetero) is 1. The van der Waals surface area contributed by atoms with Crippen LogP contribution in [0.4, 0.5) is 10.8 Å². The number of rotatable bonds is 9. The average Bonchev–Trinajstić information content (AvgIpc) is 3.18. The topological polar surface area (TPSA) is 82.6 Å². The van der Waals surface area contributed by atoms with Crippen molar-refractivity contribution in [2.24, 2.45) is 0 Å². The summed E-state index contributed by atoms with van der Waals surface area (Å²) in [5.74, 6) is 2.06. The van der Waals surface area contributed by atoms with Gasteiger partial charge in [0, 0.05) is 17.8 Å². The van der Waals surface area contributed by atoms with E-state index in [2.05, 4.69) is 15.5 Å². The van der Waals surface area contributed by atoms with Gasteiger partial charge in [-0.2, -0.15) is 0 Å². The van der Waals surface area contributed by atoms with Crippen LogP contribution in [0.2, 0.25) is 0 Å². The number of ether oxygens (including phenoxy) is 3. The van der Waals surface area contributed by atoms with Crippen molar-refractivity contribution < 1.29 is 19.0 Å². The normalized spacial score (nSPS) is 10.4. The number of methoxy groups -OCH3 is 3. The number of benzene rings is 2. The highest BCUT2D eigenvalue weighted by Crippen LogP contribution is 2.31. The maximum atomic E-state index is 12.6. The molecule has 9 heteroatoms. The van der Waals surface area contributed by atoms with E-state index in [1.807, 2.05) is 24.3 Å². The predicted octanol–water partition coefficient (Wildman–Crippen LogP) is 4.28. The fourth-order valence-corrected chi connectivity index (χ4v) is 4.03. The summed E-state index contributed by atoms with van der Waals surface area (Å²) in [6.45, 7) is 0. The van der Waals surface area contributed by atoms with E-state index in [1.54, 1.807) is 32.4 Å². The van der Waals surface area contributed by atoms with Gasteiger partial charge in [-0.05, 0) is 24.3 Å². The molecule has 7 nitrogen and oxygen atoms in total. The van der Waals surface area contributed by atoms with Gasteiger partial charge in [0.05, 0.1) is 32.6 Å². The Kier molecular flexibility index (Phi) is 6.72. The Hall–Kier alpha value is -2.78. The van der Waals surface area contributed by atoms with Crippen LogP contribution in [0.1, 0.15) is 10.4 Å². The number of anilines is 2. The Labute approximate surface area is 171 Å². The second-order valence-corrected chi connectivity index (χ2v) is 7.71. The Bertz CT molecular complexity index is 962. The van der Waals surface area contributed by atoms with Gasteiger partial charge in [-0.1, -0.05) is 29.2 Å². The van der Waals surface area contributed by atoms with Crippen LogP contribution in [0.15, 0.2) is 46.8 Å². The third-order valence-corrected chi connectivity index (χ3v) is 5.74. The summed E-state index contributed by atoms with van der Waals surface area (Å²) in [4.78, 5) is 12.6. The number of hydrogen-bond acceptors (Lipinski definition) is 9. The summed E-state index contributed by atoms with van der Waals surface area (Å²) >= 11 is 2.72. The highest BCUT2D eigenvalue weighted by Gasteiger charge is 2.15. The van der Waals surface area contributed by atoms with Crippen LogP contribution in [0.25, 0.3) is 0 Å². The van der Waals surface area contributed by atoms with E-state index in [0.717, 1.165) is 11.4 Å². The van der Waals surface area contributed by atoms with Crippen molar-refractivity contribution >= 4 is 39.7 Å². The first kappa shape index (κ1) is 20.0. The highest BCUT2D eigenvalue weighted by atomic mass is 32.2. The minimum atomic E-state index is -0.0537. The van der Waals surface area contributed by atoms with Gasteiger partial charge in [0.1, 0.15) is 17.2 Å². The van der Waals surface area contributed by atoms with Crippen molar-refractivity contribution in [3.05, 3.63) is 48.0 Å². The smallest absolute Gasteiger partial charge is 0.210 e. The van der Waals surface area contributed by atoms with E-state index >= 15 is 0 Å².